The van der Waals surface area contributed by atoms with Gasteiger partial charge in [-0.3, -0.25) is 14.2 Å². The number of para-hydroxylation sites is 1. The van der Waals surface area contributed by atoms with E-state index in [0.717, 1.165) is 0 Å². The molecule has 12 heteroatoms. The molecule has 1 amide bonds. The van der Waals surface area contributed by atoms with Crippen molar-refractivity contribution in [2.45, 2.75) is 16.7 Å². The highest BCUT2D eigenvalue weighted by Gasteiger charge is 2.20. The topological polar surface area (TPSA) is 121 Å². The first-order valence-corrected chi connectivity index (χ1v) is 14.8. The van der Waals surface area contributed by atoms with Gasteiger partial charge < -0.3 is 5.32 Å². The third-order valence-corrected chi connectivity index (χ3v) is 9.11. The highest BCUT2D eigenvalue weighted by atomic mass is 35.5. The van der Waals surface area contributed by atoms with E-state index in [1.807, 2.05) is 0 Å². The minimum Gasteiger partial charge on any atom is -0.322 e. The molecule has 8 nitrogen and oxygen atoms in total. The number of carbonyl (C=O) groups is 1. The maximum absolute atomic E-state index is 12.9. The smallest absolute Gasteiger partial charge is 0.262 e. The summed E-state index contributed by atoms with van der Waals surface area (Å²) in [7, 11) is -7.93. The minimum atomic E-state index is -3.98. The number of anilines is 3. The van der Waals surface area contributed by atoms with Crippen LogP contribution in [0.25, 0.3) is 0 Å². The van der Waals surface area contributed by atoms with Gasteiger partial charge in [0.1, 0.15) is 0 Å². The van der Waals surface area contributed by atoms with E-state index in [0.29, 0.717) is 16.9 Å². The second-order valence-electron chi connectivity index (χ2n) is 8.14. The van der Waals surface area contributed by atoms with Crippen LogP contribution in [-0.4, -0.2) is 22.7 Å². The number of rotatable bonds is 8. The Morgan fingerprint density at radius 1 is 0.711 bits per heavy atom. The van der Waals surface area contributed by atoms with E-state index in [2.05, 4.69) is 14.8 Å². The second-order valence-corrected chi connectivity index (χ2v) is 12.3. The molecule has 0 fully saturated rings. The van der Waals surface area contributed by atoms with Gasteiger partial charge in [-0.1, -0.05) is 53.5 Å². The lowest BCUT2D eigenvalue weighted by molar-refractivity contribution is 0.102. The second kappa shape index (κ2) is 11.0. The number of hydrogen-bond donors (Lipinski definition) is 3. The summed E-state index contributed by atoms with van der Waals surface area (Å²) in [4.78, 5) is 12.8. The predicted molar refractivity (Wildman–Crippen MR) is 150 cm³/mol. The molecule has 0 saturated heterocycles. The zero-order chi connectivity index (χ0) is 27.5. The number of benzene rings is 4. The Kier molecular flexibility index (Phi) is 7.98. The van der Waals surface area contributed by atoms with Crippen molar-refractivity contribution in [1.29, 1.82) is 0 Å². The lowest BCUT2D eigenvalue weighted by atomic mass is 10.1. The number of amides is 1. The van der Waals surface area contributed by atoms with Crippen molar-refractivity contribution in [3.8, 4) is 0 Å². The first kappa shape index (κ1) is 27.5. The first-order chi connectivity index (χ1) is 18.0. The number of nitrogens with one attached hydrogen (secondary N) is 3. The molecule has 0 radical (unpaired) electrons. The summed E-state index contributed by atoms with van der Waals surface area (Å²) in [6.07, 6.45) is 0. The van der Waals surface area contributed by atoms with Gasteiger partial charge in [0, 0.05) is 16.9 Å². The predicted octanol–water partition coefficient (Wildman–Crippen LogP) is 6.16. The summed E-state index contributed by atoms with van der Waals surface area (Å²) in [6, 6.07) is 22.7. The van der Waals surface area contributed by atoms with E-state index in [1.54, 1.807) is 43.3 Å². The molecular formula is C26H21Cl2N3O5S2. The number of carbonyl (C=O) groups excluding carboxylic acids is 1. The molecule has 4 aromatic carbocycles. The van der Waals surface area contributed by atoms with Crippen LogP contribution < -0.4 is 14.8 Å². The third kappa shape index (κ3) is 6.28. The van der Waals surface area contributed by atoms with E-state index in [1.165, 1.54) is 54.6 Å². The molecule has 0 spiro atoms. The van der Waals surface area contributed by atoms with E-state index in [4.69, 9.17) is 23.2 Å². The lowest BCUT2D eigenvalue weighted by Crippen LogP contribution is -2.17. The molecular weight excluding hydrogens is 569 g/mol. The molecule has 0 heterocycles. The van der Waals surface area contributed by atoms with Crippen molar-refractivity contribution in [2.24, 2.45) is 0 Å². The van der Waals surface area contributed by atoms with Crippen LogP contribution in [-0.2, 0) is 20.0 Å². The summed E-state index contributed by atoms with van der Waals surface area (Å²) in [6.45, 7) is 1.63. The monoisotopic (exact) mass is 589 g/mol. The van der Waals surface area contributed by atoms with Crippen LogP contribution in [0.5, 0.6) is 0 Å². The average molecular weight is 591 g/mol. The molecule has 0 saturated carbocycles. The van der Waals surface area contributed by atoms with Gasteiger partial charge in [-0.05, 0) is 73.2 Å². The zero-order valence-corrected chi connectivity index (χ0v) is 22.9. The standard InChI is InChI=1S/C26H21Cl2N3O5S2/c1-17-10-11-18(16-24(17)38(35,36)30-20-6-3-2-4-7-20)26(32)29-19-12-14-21(15-13-19)37(33,34)31-23-9-5-8-22(27)25(23)28/h2-16,30-31H,1H3,(H,29,32). The van der Waals surface area contributed by atoms with Crippen LogP contribution in [0, 0.1) is 6.92 Å². The molecule has 0 aromatic heterocycles. The Morgan fingerprint density at radius 2 is 1.39 bits per heavy atom. The van der Waals surface area contributed by atoms with Gasteiger partial charge in [0.05, 0.1) is 25.5 Å². The van der Waals surface area contributed by atoms with E-state index in [-0.39, 0.29) is 31.1 Å². The molecule has 0 aliphatic carbocycles. The van der Waals surface area contributed by atoms with Crippen molar-refractivity contribution in [1.82, 2.24) is 0 Å². The Balaban J connectivity index is 1.50. The fraction of sp³-hybridized carbons (Fsp3) is 0.0385. The molecule has 196 valence electrons. The highest BCUT2D eigenvalue weighted by Crippen LogP contribution is 2.31. The summed E-state index contributed by atoms with van der Waals surface area (Å²) < 4.78 is 56.3. The van der Waals surface area contributed by atoms with Gasteiger partial charge in [-0.25, -0.2) is 16.8 Å². The van der Waals surface area contributed by atoms with Crippen molar-refractivity contribution in [2.75, 3.05) is 14.8 Å². The van der Waals surface area contributed by atoms with Crippen molar-refractivity contribution >= 4 is 66.2 Å². The molecule has 0 aliphatic heterocycles. The van der Waals surface area contributed by atoms with Crippen molar-refractivity contribution in [3.63, 3.8) is 0 Å². The Labute approximate surface area is 230 Å². The zero-order valence-electron chi connectivity index (χ0n) is 19.8. The molecule has 38 heavy (non-hydrogen) atoms. The summed E-state index contributed by atoms with van der Waals surface area (Å²) in [5, 5.41) is 2.91. The minimum absolute atomic E-state index is 0.0406. The van der Waals surface area contributed by atoms with Gasteiger partial charge in [-0.2, -0.15) is 0 Å². The number of halogens is 2. The summed E-state index contributed by atoms with van der Waals surface area (Å²) in [5.74, 6) is -0.569. The van der Waals surface area contributed by atoms with Gasteiger partial charge >= 0.3 is 0 Å². The van der Waals surface area contributed by atoms with Crippen LogP contribution in [0.15, 0.2) is 101 Å². The lowest BCUT2D eigenvalue weighted by Gasteiger charge is -2.13. The number of aryl methyl sites for hydroxylation is 1. The fourth-order valence-electron chi connectivity index (χ4n) is 3.45. The largest absolute Gasteiger partial charge is 0.322 e. The normalized spacial score (nSPS) is 11.6. The Bertz CT molecular complexity index is 1710. The van der Waals surface area contributed by atoms with Crippen LogP contribution in [0.3, 0.4) is 0 Å². The maximum Gasteiger partial charge on any atom is 0.262 e. The number of sulfonamides is 2. The van der Waals surface area contributed by atoms with Crippen molar-refractivity contribution < 1.29 is 21.6 Å². The molecule has 3 N–H and O–H groups in total. The van der Waals surface area contributed by atoms with E-state index in [9.17, 15) is 21.6 Å². The van der Waals surface area contributed by atoms with Crippen LogP contribution in [0.1, 0.15) is 15.9 Å². The van der Waals surface area contributed by atoms with Crippen LogP contribution >= 0.6 is 23.2 Å². The van der Waals surface area contributed by atoms with Crippen LogP contribution in [0.2, 0.25) is 10.0 Å². The third-order valence-electron chi connectivity index (χ3n) is 5.38. The Hall–Kier alpha value is -3.57. The fourth-order valence-corrected chi connectivity index (χ4v) is 6.26. The maximum atomic E-state index is 12.9. The van der Waals surface area contributed by atoms with E-state index >= 15 is 0 Å². The van der Waals surface area contributed by atoms with E-state index < -0.39 is 26.0 Å². The molecule has 0 aliphatic rings. The van der Waals surface area contributed by atoms with Crippen LogP contribution in [0.4, 0.5) is 17.1 Å². The quantitative estimate of drug-likeness (QED) is 0.227. The molecule has 4 rings (SSSR count). The number of hydrogen-bond acceptors (Lipinski definition) is 5. The van der Waals surface area contributed by atoms with Gasteiger partial charge in [-0.15, -0.1) is 0 Å². The average Bonchev–Trinajstić information content (AvgIpc) is 2.87. The molecule has 0 bridgehead atoms. The van der Waals surface area contributed by atoms with Crippen molar-refractivity contribution in [3.05, 3.63) is 112 Å². The SMILES string of the molecule is Cc1ccc(C(=O)Nc2ccc(S(=O)(=O)Nc3cccc(Cl)c3Cl)cc2)cc1S(=O)(=O)Nc1ccccc1. The molecule has 0 atom stereocenters. The summed E-state index contributed by atoms with van der Waals surface area (Å²) in [5.41, 5.74) is 1.40. The highest BCUT2D eigenvalue weighted by molar-refractivity contribution is 7.93. The van der Waals surface area contributed by atoms with Gasteiger partial charge in [0.2, 0.25) is 0 Å². The Morgan fingerprint density at radius 3 is 2.08 bits per heavy atom. The van der Waals surface area contributed by atoms with Gasteiger partial charge in [0.15, 0.2) is 0 Å². The van der Waals surface area contributed by atoms with Gasteiger partial charge in [0.25, 0.3) is 26.0 Å². The summed E-state index contributed by atoms with van der Waals surface area (Å²) >= 11 is 12.0. The molecule has 0 unspecified atom stereocenters. The first-order valence-electron chi connectivity index (χ1n) is 11.0. The molecule has 4 aromatic rings.